The van der Waals surface area contributed by atoms with Gasteiger partial charge < -0.3 is 10.4 Å². The molecule has 1 aliphatic rings. The van der Waals surface area contributed by atoms with Crippen LogP contribution >= 0.6 is 12.6 Å². The molecule has 0 aromatic carbocycles. The summed E-state index contributed by atoms with van der Waals surface area (Å²) in [6.07, 6.45) is -0.492. The summed E-state index contributed by atoms with van der Waals surface area (Å²) >= 11 is 4.02. The summed E-state index contributed by atoms with van der Waals surface area (Å²) in [5.74, 6) is -0.139. The molecule has 0 aromatic rings. The molecule has 0 aromatic heterocycles. The van der Waals surface area contributed by atoms with Crippen LogP contribution in [0.3, 0.4) is 0 Å². The first-order valence-electron chi connectivity index (χ1n) is 2.74. The molecule has 3 nitrogen and oxygen atoms in total. The number of hydrogen-bond acceptors (Lipinski definition) is 3. The maximum atomic E-state index is 10.5. The SMILES string of the molecule is CC1(S)NC(=O)CC1O. The molecular formula is C5H9NO2S. The van der Waals surface area contributed by atoms with E-state index in [1.807, 2.05) is 0 Å². The van der Waals surface area contributed by atoms with Crippen molar-refractivity contribution in [2.24, 2.45) is 0 Å². The maximum absolute atomic E-state index is 10.5. The van der Waals surface area contributed by atoms with Gasteiger partial charge in [-0.2, -0.15) is 0 Å². The van der Waals surface area contributed by atoms with Crippen LogP contribution in [0.4, 0.5) is 0 Å². The van der Waals surface area contributed by atoms with E-state index >= 15 is 0 Å². The summed E-state index contributed by atoms with van der Waals surface area (Å²) in [5, 5.41) is 11.6. The van der Waals surface area contributed by atoms with Crippen molar-refractivity contribution in [3.05, 3.63) is 0 Å². The third-order valence-electron chi connectivity index (χ3n) is 1.42. The topological polar surface area (TPSA) is 49.3 Å². The molecule has 1 heterocycles. The number of aliphatic hydroxyl groups is 1. The van der Waals surface area contributed by atoms with Crippen LogP contribution in [-0.4, -0.2) is 22.0 Å². The highest BCUT2D eigenvalue weighted by molar-refractivity contribution is 7.81. The first-order chi connectivity index (χ1) is 4.02. The molecule has 4 heteroatoms. The van der Waals surface area contributed by atoms with Crippen LogP contribution in [0.2, 0.25) is 0 Å². The third-order valence-corrected chi connectivity index (χ3v) is 1.83. The second-order valence-electron chi connectivity index (χ2n) is 2.42. The molecule has 0 saturated carbocycles. The molecule has 0 spiro atoms. The van der Waals surface area contributed by atoms with Crippen molar-refractivity contribution in [3.8, 4) is 0 Å². The minimum Gasteiger partial charge on any atom is -0.389 e. The average molecular weight is 147 g/mol. The Labute approximate surface area is 58.9 Å². The van der Waals surface area contributed by atoms with E-state index in [4.69, 9.17) is 5.11 Å². The van der Waals surface area contributed by atoms with Crippen molar-refractivity contribution >= 4 is 18.5 Å². The van der Waals surface area contributed by atoms with Crippen LogP contribution in [0.1, 0.15) is 13.3 Å². The Morgan fingerprint density at radius 1 is 2.00 bits per heavy atom. The summed E-state index contributed by atoms with van der Waals surface area (Å²) in [4.78, 5) is 9.82. The van der Waals surface area contributed by atoms with Crippen LogP contribution in [0.5, 0.6) is 0 Å². The van der Waals surface area contributed by atoms with Gasteiger partial charge in [-0.25, -0.2) is 0 Å². The van der Waals surface area contributed by atoms with Gasteiger partial charge in [0, 0.05) is 0 Å². The van der Waals surface area contributed by atoms with Gasteiger partial charge in [0.15, 0.2) is 0 Å². The third kappa shape index (κ3) is 1.19. The predicted molar refractivity (Wildman–Crippen MR) is 36.2 cm³/mol. The van der Waals surface area contributed by atoms with E-state index in [1.165, 1.54) is 0 Å². The van der Waals surface area contributed by atoms with Crippen molar-refractivity contribution in [1.82, 2.24) is 5.32 Å². The molecule has 1 saturated heterocycles. The number of aliphatic hydroxyl groups excluding tert-OH is 1. The Balaban J connectivity index is 2.69. The monoisotopic (exact) mass is 147 g/mol. The lowest BCUT2D eigenvalue weighted by Gasteiger charge is -2.19. The standard InChI is InChI=1S/C5H9NO2S/c1-5(9)3(7)2-4(8)6-5/h3,7,9H,2H2,1H3,(H,6,8). The second-order valence-corrected chi connectivity index (χ2v) is 3.34. The van der Waals surface area contributed by atoms with Gasteiger partial charge >= 0.3 is 0 Å². The molecule has 2 N–H and O–H groups in total. The Morgan fingerprint density at radius 2 is 2.56 bits per heavy atom. The van der Waals surface area contributed by atoms with Crippen LogP contribution in [-0.2, 0) is 4.79 Å². The van der Waals surface area contributed by atoms with Crippen molar-refractivity contribution in [2.75, 3.05) is 0 Å². The number of rotatable bonds is 0. The second kappa shape index (κ2) is 1.88. The highest BCUT2D eigenvalue weighted by Gasteiger charge is 2.38. The minimum atomic E-state index is -0.725. The van der Waals surface area contributed by atoms with E-state index in [2.05, 4.69) is 17.9 Å². The van der Waals surface area contributed by atoms with E-state index < -0.39 is 11.0 Å². The van der Waals surface area contributed by atoms with Gasteiger partial charge in [-0.05, 0) is 6.92 Å². The van der Waals surface area contributed by atoms with Gasteiger partial charge in [0.2, 0.25) is 5.91 Å². The lowest BCUT2D eigenvalue weighted by atomic mass is 10.2. The smallest absolute Gasteiger partial charge is 0.223 e. The van der Waals surface area contributed by atoms with Gasteiger partial charge in [0.25, 0.3) is 0 Å². The number of thiol groups is 1. The molecule has 0 aliphatic carbocycles. The van der Waals surface area contributed by atoms with Gasteiger partial charge in [-0.1, -0.05) is 0 Å². The first kappa shape index (κ1) is 6.89. The zero-order chi connectivity index (χ0) is 7.07. The van der Waals surface area contributed by atoms with E-state index in [-0.39, 0.29) is 12.3 Å². The summed E-state index contributed by atoms with van der Waals surface area (Å²) in [6, 6.07) is 0. The summed E-state index contributed by atoms with van der Waals surface area (Å²) in [6.45, 7) is 1.67. The Kier molecular flexibility index (Phi) is 1.44. The fraction of sp³-hybridized carbons (Fsp3) is 0.800. The quantitative estimate of drug-likeness (QED) is 0.405. The molecule has 2 atom stereocenters. The average Bonchev–Trinajstić information content (AvgIpc) is 1.79. The van der Waals surface area contributed by atoms with Gasteiger partial charge in [0.05, 0.1) is 12.5 Å². The molecule has 0 bridgehead atoms. The van der Waals surface area contributed by atoms with Gasteiger partial charge in [-0.3, -0.25) is 4.79 Å². The molecule has 1 amide bonds. The summed E-state index contributed by atoms with van der Waals surface area (Å²) in [5.41, 5.74) is 0. The molecule has 1 fully saturated rings. The van der Waals surface area contributed by atoms with E-state index in [0.29, 0.717) is 0 Å². The summed E-state index contributed by atoms with van der Waals surface area (Å²) < 4.78 is 0. The molecule has 52 valence electrons. The maximum Gasteiger partial charge on any atom is 0.223 e. The number of amides is 1. The van der Waals surface area contributed by atoms with Crippen molar-refractivity contribution in [1.29, 1.82) is 0 Å². The molecular weight excluding hydrogens is 138 g/mol. The number of nitrogens with one attached hydrogen (secondary N) is 1. The van der Waals surface area contributed by atoms with E-state index in [0.717, 1.165) is 0 Å². The molecule has 9 heavy (non-hydrogen) atoms. The normalized spacial score (nSPS) is 43.0. The Morgan fingerprint density at radius 3 is 2.67 bits per heavy atom. The van der Waals surface area contributed by atoms with Crippen molar-refractivity contribution in [3.63, 3.8) is 0 Å². The Bertz CT molecular complexity index is 146. The zero-order valence-corrected chi connectivity index (χ0v) is 5.98. The lowest BCUT2D eigenvalue weighted by molar-refractivity contribution is -0.119. The van der Waals surface area contributed by atoms with Crippen molar-refractivity contribution in [2.45, 2.75) is 24.3 Å². The van der Waals surface area contributed by atoms with Crippen molar-refractivity contribution < 1.29 is 9.90 Å². The molecule has 0 radical (unpaired) electrons. The highest BCUT2D eigenvalue weighted by atomic mass is 32.1. The van der Waals surface area contributed by atoms with Crippen LogP contribution in [0, 0.1) is 0 Å². The first-order valence-corrected chi connectivity index (χ1v) is 3.18. The van der Waals surface area contributed by atoms with E-state index in [9.17, 15) is 4.79 Å². The fourth-order valence-corrected chi connectivity index (χ4v) is 1.01. The molecule has 1 rings (SSSR count). The highest BCUT2D eigenvalue weighted by Crippen LogP contribution is 2.23. The van der Waals surface area contributed by atoms with Crippen LogP contribution < -0.4 is 5.32 Å². The van der Waals surface area contributed by atoms with E-state index in [1.54, 1.807) is 6.92 Å². The summed E-state index contributed by atoms with van der Waals surface area (Å²) in [7, 11) is 0. The number of carbonyl (C=O) groups is 1. The lowest BCUT2D eigenvalue weighted by Crippen LogP contribution is -2.39. The number of hydrogen-bond donors (Lipinski definition) is 3. The molecule has 1 aliphatic heterocycles. The van der Waals surface area contributed by atoms with Crippen LogP contribution in [0.25, 0.3) is 0 Å². The zero-order valence-electron chi connectivity index (χ0n) is 5.09. The molecule has 2 unspecified atom stereocenters. The van der Waals surface area contributed by atoms with Gasteiger partial charge in [-0.15, -0.1) is 12.6 Å². The van der Waals surface area contributed by atoms with Gasteiger partial charge in [0.1, 0.15) is 4.87 Å². The minimum absolute atomic E-state index is 0.139. The number of carbonyl (C=O) groups excluding carboxylic acids is 1. The fourth-order valence-electron chi connectivity index (χ4n) is 0.791. The Hall–Kier alpha value is -0.220. The largest absolute Gasteiger partial charge is 0.389 e. The van der Waals surface area contributed by atoms with Crippen LogP contribution in [0.15, 0.2) is 0 Å². The predicted octanol–water partition coefficient (Wildman–Crippen LogP) is -0.487.